The van der Waals surface area contributed by atoms with Crippen LogP contribution in [-0.4, -0.2) is 22.8 Å². The van der Waals surface area contributed by atoms with Crippen molar-refractivity contribution >= 4 is 0 Å². The summed E-state index contributed by atoms with van der Waals surface area (Å²) < 4.78 is 1.98. The molecule has 0 radical (unpaired) electrons. The predicted molar refractivity (Wildman–Crippen MR) is 84.1 cm³/mol. The predicted octanol–water partition coefficient (Wildman–Crippen LogP) is 0.756. The number of benzene rings is 1. The van der Waals surface area contributed by atoms with Crippen LogP contribution in [0.4, 0.5) is 0 Å². The second kappa shape index (κ2) is 5.29. The van der Waals surface area contributed by atoms with Gasteiger partial charge in [0.15, 0.2) is 0 Å². The Morgan fingerprint density at radius 2 is 1.95 bits per heavy atom. The monoisotopic (exact) mass is 297 g/mol. The van der Waals surface area contributed by atoms with E-state index in [0.29, 0.717) is 17.6 Å². The Bertz CT molecular complexity index is 735. The van der Waals surface area contributed by atoms with E-state index in [4.69, 9.17) is 0 Å². The molecule has 0 amide bonds. The first-order chi connectivity index (χ1) is 10.7. The van der Waals surface area contributed by atoms with Crippen molar-refractivity contribution in [2.45, 2.75) is 25.4 Å². The SMILES string of the molecule is O=c1cccc2n1C[C@H]1C[C@@H]2C[NH+](Cc2ccc(O)cc2)C1. The summed E-state index contributed by atoms with van der Waals surface area (Å²) in [5.41, 5.74) is 2.62. The average Bonchev–Trinajstić information content (AvgIpc) is 2.51. The van der Waals surface area contributed by atoms with Gasteiger partial charge in [-0.2, -0.15) is 0 Å². The number of piperidine rings is 1. The maximum Gasteiger partial charge on any atom is 0.250 e. The lowest BCUT2D eigenvalue weighted by atomic mass is 9.83. The molecule has 3 atom stereocenters. The number of quaternary nitrogens is 1. The third-order valence-electron chi connectivity index (χ3n) is 5.06. The molecule has 3 heterocycles. The fourth-order valence-electron chi connectivity index (χ4n) is 4.17. The van der Waals surface area contributed by atoms with Crippen LogP contribution in [0, 0.1) is 5.92 Å². The number of hydrogen-bond acceptors (Lipinski definition) is 2. The highest BCUT2D eigenvalue weighted by molar-refractivity contribution is 5.25. The molecule has 0 aliphatic carbocycles. The molecular weight excluding hydrogens is 276 g/mol. The van der Waals surface area contributed by atoms with Gasteiger partial charge in [-0.3, -0.25) is 4.79 Å². The minimum atomic E-state index is 0.147. The van der Waals surface area contributed by atoms with E-state index < -0.39 is 0 Å². The molecular formula is C18H21N2O2+. The lowest BCUT2D eigenvalue weighted by Crippen LogP contribution is -3.13. The molecule has 1 aromatic carbocycles. The van der Waals surface area contributed by atoms with E-state index in [0.717, 1.165) is 26.2 Å². The van der Waals surface area contributed by atoms with Crippen molar-refractivity contribution in [2.24, 2.45) is 5.92 Å². The van der Waals surface area contributed by atoms with Gasteiger partial charge in [-0.1, -0.05) is 6.07 Å². The summed E-state index contributed by atoms with van der Waals surface area (Å²) in [5, 5.41) is 9.39. The molecule has 2 aromatic rings. The molecule has 0 saturated carbocycles. The van der Waals surface area contributed by atoms with Crippen molar-refractivity contribution in [3.05, 3.63) is 64.1 Å². The normalized spacial score (nSPS) is 26.5. The van der Waals surface area contributed by atoms with Crippen LogP contribution in [0.5, 0.6) is 5.75 Å². The van der Waals surface area contributed by atoms with Gasteiger partial charge in [0, 0.05) is 35.7 Å². The fourth-order valence-corrected chi connectivity index (χ4v) is 4.17. The molecule has 114 valence electrons. The highest BCUT2D eigenvalue weighted by atomic mass is 16.3. The van der Waals surface area contributed by atoms with E-state index in [1.165, 1.54) is 17.7 Å². The van der Waals surface area contributed by atoms with Crippen molar-refractivity contribution in [3.63, 3.8) is 0 Å². The summed E-state index contributed by atoms with van der Waals surface area (Å²) in [4.78, 5) is 13.6. The van der Waals surface area contributed by atoms with Gasteiger partial charge in [0.05, 0.1) is 13.1 Å². The summed E-state index contributed by atoms with van der Waals surface area (Å²) >= 11 is 0. The van der Waals surface area contributed by atoms with Gasteiger partial charge >= 0.3 is 0 Å². The van der Waals surface area contributed by atoms with E-state index in [1.807, 2.05) is 22.8 Å². The third-order valence-corrected chi connectivity index (χ3v) is 5.06. The molecule has 4 nitrogen and oxygen atoms in total. The highest BCUT2D eigenvalue weighted by Crippen LogP contribution is 2.30. The first-order valence-electron chi connectivity index (χ1n) is 8.00. The molecule has 2 bridgehead atoms. The van der Waals surface area contributed by atoms with Crippen LogP contribution in [0.1, 0.15) is 23.6 Å². The van der Waals surface area contributed by atoms with E-state index >= 15 is 0 Å². The zero-order valence-electron chi connectivity index (χ0n) is 12.5. The van der Waals surface area contributed by atoms with Crippen molar-refractivity contribution in [1.29, 1.82) is 0 Å². The van der Waals surface area contributed by atoms with E-state index in [-0.39, 0.29) is 5.56 Å². The van der Waals surface area contributed by atoms with Crippen LogP contribution in [0.15, 0.2) is 47.3 Å². The number of rotatable bonds is 2. The molecule has 4 rings (SSSR count). The van der Waals surface area contributed by atoms with Gasteiger partial charge in [0.25, 0.3) is 5.56 Å². The van der Waals surface area contributed by atoms with Crippen molar-refractivity contribution in [2.75, 3.05) is 13.1 Å². The van der Waals surface area contributed by atoms with Gasteiger partial charge in [-0.15, -0.1) is 0 Å². The standard InChI is InChI=1S/C18H20N2O2/c21-16-6-4-13(5-7-16)9-19-10-14-8-15(12-19)17-2-1-3-18(22)20(17)11-14/h1-7,14-15,21H,8-12H2/p+1/t14-,15+/m0/s1. The Labute approximate surface area is 129 Å². The molecule has 0 spiro atoms. The Hall–Kier alpha value is -2.07. The maximum absolute atomic E-state index is 12.0. The Kier molecular flexibility index (Phi) is 3.26. The van der Waals surface area contributed by atoms with Crippen LogP contribution in [-0.2, 0) is 13.1 Å². The summed E-state index contributed by atoms with van der Waals surface area (Å²) in [5.74, 6) is 1.41. The third kappa shape index (κ3) is 2.44. The topological polar surface area (TPSA) is 46.7 Å². The molecule has 1 aromatic heterocycles. The zero-order chi connectivity index (χ0) is 15.1. The van der Waals surface area contributed by atoms with Gasteiger partial charge in [-0.05, 0) is 36.8 Å². The minimum absolute atomic E-state index is 0.147. The Morgan fingerprint density at radius 1 is 1.14 bits per heavy atom. The maximum atomic E-state index is 12.0. The smallest absolute Gasteiger partial charge is 0.250 e. The molecule has 2 N–H and O–H groups in total. The zero-order valence-corrected chi connectivity index (χ0v) is 12.5. The first-order valence-corrected chi connectivity index (χ1v) is 8.00. The number of pyridine rings is 1. The number of phenols is 1. The quantitative estimate of drug-likeness (QED) is 0.859. The lowest BCUT2D eigenvalue weighted by molar-refractivity contribution is -0.924. The molecule has 2 aliphatic heterocycles. The second-order valence-electron chi connectivity index (χ2n) is 6.70. The summed E-state index contributed by atoms with van der Waals surface area (Å²) in [6, 6.07) is 13.2. The minimum Gasteiger partial charge on any atom is -0.508 e. The molecule has 22 heavy (non-hydrogen) atoms. The van der Waals surface area contributed by atoms with E-state index in [2.05, 4.69) is 6.07 Å². The van der Waals surface area contributed by atoms with Crippen LogP contribution >= 0.6 is 0 Å². The number of aromatic hydroxyl groups is 1. The van der Waals surface area contributed by atoms with Crippen molar-refractivity contribution < 1.29 is 10.0 Å². The number of nitrogens with one attached hydrogen (secondary N) is 1. The number of nitrogens with zero attached hydrogens (tertiary/aromatic N) is 1. The molecule has 1 saturated heterocycles. The number of likely N-dealkylation sites (tertiary alicyclic amines) is 1. The lowest BCUT2D eigenvalue weighted by Gasteiger charge is -2.40. The first kappa shape index (κ1) is 13.6. The van der Waals surface area contributed by atoms with Gasteiger partial charge in [-0.25, -0.2) is 0 Å². The van der Waals surface area contributed by atoms with Crippen molar-refractivity contribution in [3.8, 4) is 5.75 Å². The molecule has 1 unspecified atom stereocenters. The van der Waals surface area contributed by atoms with Crippen LogP contribution < -0.4 is 10.5 Å². The Morgan fingerprint density at radius 3 is 2.77 bits per heavy atom. The largest absolute Gasteiger partial charge is 0.508 e. The summed E-state index contributed by atoms with van der Waals surface area (Å²) in [6.45, 7) is 4.06. The van der Waals surface area contributed by atoms with Crippen LogP contribution in [0.3, 0.4) is 0 Å². The van der Waals surface area contributed by atoms with Crippen molar-refractivity contribution in [1.82, 2.24) is 4.57 Å². The van der Waals surface area contributed by atoms with E-state index in [9.17, 15) is 9.90 Å². The number of aromatic nitrogens is 1. The summed E-state index contributed by atoms with van der Waals surface area (Å²) in [6.07, 6.45) is 1.21. The van der Waals surface area contributed by atoms with Gasteiger partial charge < -0.3 is 14.6 Å². The highest BCUT2D eigenvalue weighted by Gasteiger charge is 2.36. The Balaban J connectivity index is 1.56. The number of hydrogen-bond donors (Lipinski definition) is 2. The fraction of sp³-hybridized carbons (Fsp3) is 0.389. The second-order valence-corrected chi connectivity index (χ2v) is 6.70. The average molecular weight is 297 g/mol. The molecule has 1 fully saturated rings. The van der Waals surface area contributed by atoms with Crippen LogP contribution in [0.2, 0.25) is 0 Å². The molecule has 4 heteroatoms. The summed E-state index contributed by atoms with van der Waals surface area (Å²) in [7, 11) is 0. The van der Waals surface area contributed by atoms with Gasteiger partial charge in [0.2, 0.25) is 0 Å². The molecule has 2 aliphatic rings. The number of fused-ring (bicyclic) bond motifs is 4. The number of phenolic OH excluding ortho intramolecular Hbond substituents is 1. The van der Waals surface area contributed by atoms with Crippen LogP contribution in [0.25, 0.3) is 0 Å². The van der Waals surface area contributed by atoms with E-state index in [1.54, 1.807) is 23.1 Å². The van der Waals surface area contributed by atoms with Gasteiger partial charge in [0.1, 0.15) is 12.3 Å².